The molecule has 20 nitrogen and oxygen atoms in total. The van der Waals surface area contributed by atoms with Crippen molar-refractivity contribution in [3.05, 3.63) is 0 Å². The van der Waals surface area contributed by atoms with Crippen molar-refractivity contribution in [2.75, 3.05) is 19.7 Å². The smallest absolute Gasteiger partial charge is 0.245 e. The summed E-state index contributed by atoms with van der Waals surface area (Å²) in [6, 6.07) is -7.10. The van der Waals surface area contributed by atoms with Crippen LogP contribution < -0.4 is 48.7 Å². The maximum atomic E-state index is 13.6. The summed E-state index contributed by atoms with van der Waals surface area (Å²) in [5, 5.41) is 44.8. The Hall–Kier alpha value is -4.85. The molecule has 362 valence electrons. The number of carbonyl (C=O) groups excluding carboxylic acids is 8. The van der Waals surface area contributed by atoms with Crippen molar-refractivity contribution in [3.63, 3.8) is 0 Å². The van der Waals surface area contributed by atoms with Gasteiger partial charge in [0.05, 0.1) is 31.7 Å². The lowest BCUT2D eigenvalue weighted by molar-refractivity contribution is -0.137. The van der Waals surface area contributed by atoms with Gasteiger partial charge >= 0.3 is 0 Å². The van der Waals surface area contributed by atoms with Crippen molar-refractivity contribution in [1.82, 2.24) is 37.2 Å². The number of nitrogens with two attached hydrogens (primary N) is 2. The van der Waals surface area contributed by atoms with Gasteiger partial charge in [0.15, 0.2) is 11.7 Å². The number of nitrogens with one attached hydrogen (secondary N) is 8. The predicted molar refractivity (Wildman–Crippen MR) is 240 cm³/mol. The number of aliphatic hydroxyl groups excluding tert-OH is 2. The van der Waals surface area contributed by atoms with E-state index in [1.54, 1.807) is 0 Å². The monoisotopic (exact) mass is 897 g/mol. The fraction of sp³-hybridized carbons (Fsp3) is 0.791. The van der Waals surface area contributed by atoms with Crippen molar-refractivity contribution >= 4 is 53.1 Å². The van der Waals surface area contributed by atoms with Crippen molar-refractivity contribution in [1.29, 1.82) is 5.41 Å². The van der Waals surface area contributed by atoms with Crippen LogP contribution in [0.4, 0.5) is 0 Å². The second-order valence-electron chi connectivity index (χ2n) is 16.2. The number of Topliss-reactive ketones (excluding diaryl/α,β-unsaturated/α-hetero) is 1. The molecule has 7 amide bonds. The van der Waals surface area contributed by atoms with Gasteiger partial charge in [0.1, 0.15) is 24.2 Å². The Bertz CT molecular complexity index is 1420. The molecule has 0 bridgehead atoms. The summed E-state index contributed by atoms with van der Waals surface area (Å²) in [5.41, 5.74) is 10.7. The largest absolute Gasteiger partial charge is 0.394 e. The van der Waals surface area contributed by atoms with Gasteiger partial charge in [0, 0.05) is 13.0 Å². The van der Waals surface area contributed by atoms with E-state index in [9.17, 15) is 48.6 Å². The molecule has 0 radical (unpaired) electrons. The zero-order chi connectivity index (χ0) is 47.6. The zero-order valence-electron chi connectivity index (χ0n) is 38.2. The highest BCUT2D eigenvalue weighted by Gasteiger charge is 2.34. The highest BCUT2D eigenvalue weighted by atomic mass is 16.3. The van der Waals surface area contributed by atoms with E-state index in [1.165, 1.54) is 71.6 Å². The predicted octanol–water partition coefficient (Wildman–Crippen LogP) is 0.689. The van der Waals surface area contributed by atoms with Crippen LogP contribution in [-0.4, -0.2) is 119 Å². The summed E-state index contributed by atoms with van der Waals surface area (Å²) < 4.78 is 0. The third kappa shape index (κ3) is 29.2. The lowest BCUT2D eigenvalue weighted by atomic mass is 10.0. The summed E-state index contributed by atoms with van der Waals surface area (Å²) in [6.45, 7) is 5.54. The topological polar surface area (TPSA) is 337 Å². The molecule has 63 heavy (non-hydrogen) atoms. The van der Waals surface area contributed by atoms with E-state index >= 15 is 0 Å². The molecule has 0 aromatic heterocycles. The normalized spacial score (nSPS) is 13.8. The van der Waals surface area contributed by atoms with Crippen molar-refractivity contribution in [3.8, 4) is 0 Å². The third-order valence-electron chi connectivity index (χ3n) is 10.4. The van der Waals surface area contributed by atoms with Gasteiger partial charge in [0.2, 0.25) is 41.4 Å². The molecule has 0 aliphatic rings. The number of rotatable bonds is 38. The van der Waals surface area contributed by atoms with E-state index in [-0.39, 0.29) is 43.5 Å². The Morgan fingerprint density at radius 3 is 1.56 bits per heavy atom. The number of hydrogen-bond acceptors (Lipinski definition) is 11. The minimum atomic E-state index is -1.69. The number of unbranched alkanes of at least 4 members (excludes halogenated alkanes) is 14. The molecule has 0 heterocycles. The fourth-order valence-electron chi connectivity index (χ4n) is 6.64. The molecule has 0 aromatic rings. The van der Waals surface area contributed by atoms with Crippen LogP contribution in [0.25, 0.3) is 0 Å². The summed E-state index contributed by atoms with van der Waals surface area (Å²) >= 11 is 0. The lowest BCUT2D eigenvalue weighted by Crippen LogP contribution is -2.61. The number of carbonyl (C=O) groups is 8. The molecule has 0 fully saturated rings. The van der Waals surface area contributed by atoms with Gasteiger partial charge in [0.25, 0.3) is 0 Å². The number of aliphatic hydroxyl groups is 2. The van der Waals surface area contributed by atoms with Gasteiger partial charge < -0.3 is 58.9 Å². The first-order chi connectivity index (χ1) is 30.0. The Balaban J connectivity index is 5.43. The fourth-order valence-corrected chi connectivity index (χ4v) is 6.64. The molecule has 0 saturated carbocycles. The average molecular weight is 897 g/mol. The molecular weight excluding hydrogens is 817 g/mol. The second-order valence-corrected chi connectivity index (χ2v) is 16.2. The molecular formula is C43H80N10O10. The van der Waals surface area contributed by atoms with Crippen LogP contribution in [0.5, 0.6) is 0 Å². The van der Waals surface area contributed by atoms with Crippen LogP contribution in [0.3, 0.4) is 0 Å². The van der Waals surface area contributed by atoms with E-state index in [1.807, 2.05) is 6.92 Å². The molecule has 6 atom stereocenters. The molecule has 0 spiro atoms. The Morgan fingerprint density at radius 2 is 1.05 bits per heavy atom. The Kier molecular flexibility index (Phi) is 32.9. The first kappa shape index (κ1) is 58.1. The van der Waals surface area contributed by atoms with Crippen LogP contribution in [0, 0.1) is 5.41 Å². The molecule has 1 unspecified atom stereocenters. The van der Waals surface area contributed by atoms with Crippen LogP contribution in [0.1, 0.15) is 163 Å². The maximum Gasteiger partial charge on any atom is 0.245 e. The summed E-state index contributed by atoms with van der Waals surface area (Å²) in [7, 11) is 0. The molecule has 0 aliphatic carbocycles. The SMILES string of the molecule is CCCCCCCCCCCCCCCC(=O)NCC(=O)N[C@@H](CO)C(=O)N[C@@H](CC(N)=O)C(=O)N[C@@H](CCCCNC(=N)N)C(=O)N[C@H](C(=O)N[C@@H](CCCC)C(C)=O)C(C)O. The Labute approximate surface area is 373 Å². The molecule has 20 heteroatoms. The quantitative estimate of drug-likeness (QED) is 0.0232. The highest BCUT2D eigenvalue weighted by Crippen LogP contribution is 2.13. The number of guanidine groups is 1. The van der Waals surface area contributed by atoms with Gasteiger partial charge in [-0.3, -0.25) is 43.8 Å². The number of ketones is 1. The lowest BCUT2D eigenvalue weighted by Gasteiger charge is -2.27. The van der Waals surface area contributed by atoms with Gasteiger partial charge in [-0.25, -0.2) is 0 Å². The van der Waals surface area contributed by atoms with Crippen LogP contribution in [-0.2, 0) is 38.4 Å². The minimum absolute atomic E-state index is 0.0600. The number of amides is 7. The van der Waals surface area contributed by atoms with E-state index in [4.69, 9.17) is 16.9 Å². The summed E-state index contributed by atoms with van der Waals surface area (Å²) in [4.78, 5) is 103. The zero-order valence-corrected chi connectivity index (χ0v) is 38.2. The molecule has 0 aliphatic heterocycles. The van der Waals surface area contributed by atoms with Gasteiger partial charge in [-0.2, -0.15) is 0 Å². The van der Waals surface area contributed by atoms with E-state index in [0.717, 1.165) is 25.7 Å². The number of primary amides is 1. The summed E-state index contributed by atoms with van der Waals surface area (Å²) in [5.74, 6) is -6.64. The highest BCUT2D eigenvalue weighted by molar-refractivity contribution is 5.98. The molecule has 0 saturated heterocycles. The van der Waals surface area contributed by atoms with E-state index in [0.29, 0.717) is 25.7 Å². The first-order valence-electron chi connectivity index (χ1n) is 22.9. The van der Waals surface area contributed by atoms with Crippen molar-refractivity contribution in [2.24, 2.45) is 11.5 Å². The van der Waals surface area contributed by atoms with E-state index < -0.39 is 91.3 Å². The Morgan fingerprint density at radius 1 is 0.556 bits per heavy atom. The number of hydrogen-bond donors (Lipinski definition) is 12. The van der Waals surface area contributed by atoms with Crippen LogP contribution in [0.15, 0.2) is 0 Å². The average Bonchev–Trinajstić information content (AvgIpc) is 3.22. The summed E-state index contributed by atoms with van der Waals surface area (Å²) in [6.07, 6.45) is 15.4. The van der Waals surface area contributed by atoms with Crippen molar-refractivity contribution in [2.45, 2.75) is 199 Å². The van der Waals surface area contributed by atoms with E-state index in [2.05, 4.69) is 44.1 Å². The van der Waals surface area contributed by atoms with Gasteiger partial charge in [-0.1, -0.05) is 104 Å². The maximum absolute atomic E-state index is 13.6. The van der Waals surface area contributed by atoms with Crippen molar-refractivity contribution < 1.29 is 48.6 Å². The molecule has 14 N–H and O–H groups in total. The van der Waals surface area contributed by atoms with Crippen LogP contribution >= 0.6 is 0 Å². The van der Waals surface area contributed by atoms with Gasteiger partial charge in [-0.05, 0) is 46.0 Å². The second kappa shape index (κ2) is 35.6. The van der Waals surface area contributed by atoms with Gasteiger partial charge in [-0.15, -0.1) is 0 Å². The van der Waals surface area contributed by atoms with Crippen LogP contribution in [0.2, 0.25) is 0 Å². The first-order valence-corrected chi connectivity index (χ1v) is 22.9. The molecule has 0 aromatic carbocycles. The minimum Gasteiger partial charge on any atom is -0.394 e. The molecule has 0 rings (SSSR count). The standard InChI is InChI=1S/C43H80N10O10/c1-5-7-9-10-11-12-13-14-15-16-17-18-19-24-36(58)48-27-37(59)49-34(28-54)41(62)52-33(26-35(44)57)40(61)51-32(23-20-21-25-47-43(45)46)39(60)53-38(30(4)56)42(63)50-31(29(3)55)22-8-6-2/h30-34,38,54,56H,5-28H2,1-4H3,(H2,44,57)(H,48,58)(H,49,59)(H,50,63)(H,51,61)(H,52,62)(H,53,60)(H4,45,46,47)/t30?,31-,32-,33-,34-,38-/m0/s1. The third-order valence-corrected chi connectivity index (χ3v) is 10.4.